The van der Waals surface area contributed by atoms with Crippen LogP contribution in [0.3, 0.4) is 0 Å². The Balaban J connectivity index is 2.42. The summed E-state index contributed by atoms with van der Waals surface area (Å²) in [5, 5.41) is 3.43. The maximum atomic E-state index is 3.43. The van der Waals surface area contributed by atoms with Crippen molar-refractivity contribution >= 4 is 0 Å². The summed E-state index contributed by atoms with van der Waals surface area (Å²) >= 11 is 0. The third-order valence-corrected chi connectivity index (χ3v) is 3.72. The van der Waals surface area contributed by atoms with Gasteiger partial charge in [-0.3, -0.25) is 0 Å². The zero-order valence-corrected chi connectivity index (χ0v) is 13.2. The molecule has 0 spiro atoms. The molecule has 0 aromatic heterocycles. The summed E-state index contributed by atoms with van der Waals surface area (Å²) in [6, 6.07) is 9.33. The van der Waals surface area contributed by atoms with Crippen molar-refractivity contribution in [3.05, 3.63) is 35.4 Å². The highest BCUT2D eigenvalue weighted by Crippen LogP contribution is 2.17. The van der Waals surface area contributed by atoms with E-state index in [0.717, 1.165) is 18.9 Å². The minimum absolute atomic E-state index is 0.460. The summed E-state index contributed by atoms with van der Waals surface area (Å²) in [4.78, 5) is 2.44. The lowest BCUT2D eigenvalue weighted by Gasteiger charge is -2.22. The quantitative estimate of drug-likeness (QED) is 0.769. The molecule has 2 nitrogen and oxygen atoms in total. The van der Waals surface area contributed by atoms with E-state index in [9.17, 15) is 0 Å². The van der Waals surface area contributed by atoms with Gasteiger partial charge in [0.15, 0.2) is 0 Å². The number of hydrogen-bond acceptors (Lipinski definition) is 2. The van der Waals surface area contributed by atoms with Crippen LogP contribution in [-0.2, 0) is 0 Å². The Morgan fingerprint density at radius 1 is 1.05 bits per heavy atom. The second kappa shape index (κ2) is 8.34. The van der Waals surface area contributed by atoms with Crippen molar-refractivity contribution in [2.24, 2.45) is 5.92 Å². The standard InChI is InChI=1S/C17H30N2/c1-14(2)10-12-19(5)13-11-17(18-4)16-8-6-15(3)7-9-16/h6-9,14,17-18H,10-13H2,1-5H3. The van der Waals surface area contributed by atoms with Crippen LogP contribution < -0.4 is 5.32 Å². The maximum Gasteiger partial charge on any atom is 0.0329 e. The van der Waals surface area contributed by atoms with Gasteiger partial charge in [-0.2, -0.15) is 0 Å². The third kappa shape index (κ3) is 6.22. The number of benzene rings is 1. The van der Waals surface area contributed by atoms with Crippen molar-refractivity contribution in [3.63, 3.8) is 0 Å². The van der Waals surface area contributed by atoms with Crippen LogP contribution in [0.5, 0.6) is 0 Å². The smallest absolute Gasteiger partial charge is 0.0329 e. The van der Waals surface area contributed by atoms with E-state index in [2.05, 4.69) is 69.3 Å². The molecule has 0 radical (unpaired) electrons. The number of nitrogens with zero attached hydrogens (tertiary/aromatic N) is 1. The molecule has 1 N–H and O–H groups in total. The Labute approximate surface area is 119 Å². The Kier molecular flexibility index (Phi) is 7.11. The van der Waals surface area contributed by atoms with Gasteiger partial charge in [-0.1, -0.05) is 43.7 Å². The van der Waals surface area contributed by atoms with E-state index in [0.29, 0.717) is 6.04 Å². The number of hydrogen-bond donors (Lipinski definition) is 1. The lowest BCUT2D eigenvalue weighted by molar-refractivity contribution is 0.292. The van der Waals surface area contributed by atoms with E-state index >= 15 is 0 Å². The van der Waals surface area contributed by atoms with Crippen LogP contribution in [0.1, 0.15) is 43.9 Å². The van der Waals surface area contributed by atoms with Gasteiger partial charge in [0, 0.05) is 6.04 Å². The maximum absolute atomic E-state index is 3.43. The minimum atomic E-state index is 0.460. The Morgan fingerprint density at radius 2 is 1.63 bits per heavy atom. The summed E-state index contributed by atoms with van der Waals surface area (Å²) in [7, 11) is 4.28. The first-order valence-corrected chi connectivity index (χ1v) is 7.45. The average molecular weight is 262 g/mol. The van der Waals surface area contributed by atoms with Crippen LogP contribution in [0.4, 0.5) is 0 Å². The van der Waals surface area contributed by atoms with Gasteiger partial charge in [-0.25, -0.2) is 0 Å². The molecule has 108 valence electrons. The van der Waals surface area contributed by atoms with Gasteiger partial charge in [0.25, 0.3) is 0 Å². The SMILES string of the molecule is CNC(CCN(C)CCC(C)C)c1ccc(C)cc1. The van der Waals surface area contributed by atoms with Crippen LogP contribution in [0.15, 0.2) is 24.3 Å². The Morgan fingerprint density at radius 3 is 2.16 bits per heavy atom. The summed E-state index contributed by atoms with van der Waals surface area (Å²) in [5.41, 5.74) is 2.72. The predicted octanol–water partition coefficient (Wildman–Crippen LogP) is 3.62. The van der Waals surface area contributed by atoms with E-state index in [-0.39, 0.29) is 0 Å². The van der Waals surface area contributed by atoms with E-state index in [1.807, 2.05) is 0 Å². The van der Waals surface area contributed by atoms with Gasteiger partial charge in [0.1, 0.15) is 0 Å². The number of rotatable bonds is 8. The van der Waals surface area contributed by atoms with Crippen molar-refractivity contribution in [1.29, 1.82) is 0 Å². The Bertz CT molecular complexity index is 343. The van der Waals surface area contributed by atoms with Crippen molar-refractivity contribution in [3.8, 4) is 0 Å². The molecule has 0 saturated heterocycles. The van der Waals surface area contributed by atoms with Gasteiger partial charge in [-0.15, -0.1) is 0 Å². The number of nitrogens with one attached hydrogen (secondary N) is 1. The molecule has 1 aromatic carbocycles. The van der Waals surface area contributed by atoms with Crippen molar-refractivity contribution in [2.75, 3.05) is 27.2 Å². The highest BCUT2D eigenvalue weighted by molar-refractivity contribution is 5.24. The van der Waals surface area contributed by atoms with Crippen molar-refractivity contribution in [2.45, 2.75) is 39.7 Å². The van der Waals surface area contributed by atoms with Crippen molar-refractivity contribution < 1.29 is 0 Å². The van der Waals surface area contributed by atoms with Gasteiger partial charge >= 0.3 is 0 Å². The van der Waals surface area contributed by atoms with Crippen molar-refractivity contribution in [1.82, 2.24) is 10.2 Å². The normalized spacial score (nSPS) is 13.2. The molecule has 0 heterocycles. The highest BCUT2D eigenvalue weighted by Gasteiger charge is 2.10. The minimum Gasteiger partial charge on any atom is -0.313 e. The first-order valence-electron chi connectivity index (χ1n) is 7.45. The summed E-state index contributed by atoms with van der Waals surface area (Å²) in [6.45, 7) is 9.05. The fraction of sp³-hybridized carbons (Fsp3) is 0.647. The molecule has 0 amide bonds. The van der Waals surface area contributed by atoms with Crippen LogP contribution in [-0.4, -0.2) is 32.1 Å². The molecule has 1 aromatic rings. The third-order valence-electron chi connectivity index (χ3n) is 3.72. The predicted molar refractivity (Wildman–Crippen MR) is 84.5 cm³/mol. The lowest BCUT2D eigenvalue weighted by Crippen LogP contribution is -2.26. The molecule has 0 bridgehead atoms. The van der Waals surface area contributed by atoms with Gasteiger partial charge in [-0.05, 0) is 58.4 Å². The lowest BCUT2D eigenvalue weighted by atomic mass is 10.0. The van der Waals surface area contributed by atoms with E-state index in [1.165, 1.54) is 24.1 Å². The highest BCUT2D eigenvalue weighted by atomic mass is 15.1. The molecular formula is C17H30N2. The van der Waals surface area contributed by atoms with Crippen LogP contribution >= 0.6 is 0 Å². The average Bonchev–Trinajstić information content (AvgIpc) is 2.39. The zero-order valence-electron chi connectivity index (χ0n) is 13.2. The fourth-order valence-electron chi connectivity index (χ4n) is 2.22. The first-order chi connectivity index (χ1) is 9.02. The second-order valence-corrected chi connectivity index (χ2v) is 6.03. The molecule has 1 unspecified atom stereocenters. The topological polar surface area (TPSA) is 15.3 Å². The summed E-state index contributed by atoms with van der Waals surface area (Å²) < 4.78 is 0. The van der Waals surface area contributed by atoms with E-state index in [4.69, 9.17) is 0 Å². The molecule has 0 saturated carbocycles. The monoisotopic (exact) mass is 262 g/mol. The Hall–Kier alpha value is -0.860. The molecule has 0 aliphatic heterocycles. The molecular weight excluding hydrogens is 232 g/mol. The molecule has 19 heavy (non-hydrogen) atoms. The van der Waals surface area contributed by atoms with Gasteiger partial charge < -0.3 is 10.2 Å². The molecule has 1 rings (SSSR count). The van der Waals surface area contributed by atoms with Gasteiger partial charge in [0.05, 0.1) is 0 Å². The number of aryl methyl sites for hydroxylation is 1. The molecule has 0 fully saturated rings. The molecule has 0 aliphatic carbocycles. The summed E-state index contributed by atoms with van der Waals surface area (Å²) in [5.74, 6) is 0.791. The van der Waals surface area contributed by atoms with Gasteiger partial charge in [0.2, 0.25) is 0 Å². The molecule has 0 aliphatic rings. The summed E-state index contributed by atoms with van der Waals surface area (Å²) in [6.07, 6.45) is 2.44. The largest absolute Gasteiger partial charge is 0.313 e. The zero-order chi connectivity index (χ0) is 14.3. The van der Waals surface area contributed by atoms with Crippen LogP contribution in [0.2, 0.25) is 0 Å². The van der Waals surface area contributed by atoms with Crippen LogP contribution in [0, 0.1) is 12.8 Å². The molecule has 2 heteroatoms. The molecule has 1 atom stereocenters. The van der Waals surface area contributed by atoms with E-state index < -0.39 is 0 Å². The second-order valence-electron chi connectivity index (χ2n) is 6.03. The first kappa shape index (κ1) is 16.2. The van der Waals surface area contributed by atoms with Crippen LogP contribution in [0.25, 0.3) is 0 Å². The van der Waals surface area contributed by atoms with E-state index in [1.54, 1.807) is 0 Å². The fourth-order valence-corrected chi connectivity index (χ4v) is 2.22.